The van der Waals surface area contributed by atoms with Crippen LogP contribution in [0.2, 0.25) is 0 Å². The minimum Gasteiger partial charge on any atom is -0.336 e. The molecule has 0 radical (unpaired) electrons. The molecular weight excluding hydrogens is 302 g/mol. The van der Waals surface area contributed by atoms with E-state index in [1.165, 1.54) is 12.1 Å². The summed E-state index contributed by atoms with van der Waals surface area (Å²) in [6.45, 7) is 9.03. The smallest absolute Gasteiger partial charge is 0.283 e. The molecule has 1 amide bonds. The Hall–Kier alpha value is -1.86. The van der Waals surface area contributed by atoms with Gasteiger partial charge < -0.3 is 10.2 Å². The minimum absolute atomic E-state index is 0.128. The average Bonchev–Trinajstić information content (AvgIpc) is 2.45. The van der Waals surface area contributed by atoms with E-state index in [0.717, 1.165) is 0 Å². The second-order valence-electron chi connectivity index (χ2n) is 5.62. The van der Waals surface area contributed by atoms with Crippen LogP contribution in [0, 0.1) is 10.1 Å². The number of nitrogens with zero attached hydrogens (tertiary/aromatic N) is 2. The molecule has 2 atom stereocenters. The molecule has 0 aromatic heterocycles. The van der Waals surface area contributed by atoms with Crippen LogP contribution in [0.3, 0.4) is 0 Å². The minimum atomic E-state index is -0.515. The Labute approximate surface area is 134 Å². The second kappa shape index (κ2) is 6.50. The highest BCUT2D eigenvalue weighted by Gasteiger charge is 2.27. The Morgan fingerprint density at radius 3 is 2.55 bits per heavy atom. The summed E-state index contributed by atoms with van der Waals surface area (Å²) in [5.74, 6) is -0.193. The van der Waals surface area contributed by atoms with Crippen LogP contribution in [-0.4, -0.2) is 40.9 Å². The molecule has 0 bridgehead atoms. The first-order valence-electron chi connectivity index (χ1n) is 7.01. The summed E-state index contributed by atoms with van der Waals surface area (Å²) < 4.78 is 0. The maximum atomic E-state index is 12.6. The molecule has 0 aliphatic carbocycles. The van der Waals surface area contributed by atoms with Crippen molar-refractivity contribution in [1.29, 1.82) is 0 Å². The molecule has 1 N–H and O–H groups in total. The van der Waals surface area contributed by atoms with E-state index in [0.29, 0.717) is 18.7 Å². The van der Waals surface area contributed by atoms with Crippen molar-refractivity contribution in [2.45, 2.75) is 30.8 Å². The second-order valence-corrected chi connectivity index (χ2v) is 6.10. The van der Waals surface area contributed by atoms with E-state index in [1.807, 2.05) is 13.8 Å². The molecule has 22 heavy (non-hydrogen) atoms. The molecule has 1 saturated heterocycles. The molecule has 1 aromatic rings. The van der Waals surface area contributed by atoms with Crippen molar-refractivity contribution < 1.29 is 9.72 Å². The molecule has 7 heteroatoms. The van der Waals surface area contributed by atoms with Crippen molar-refractivity contribution in [2.75, 3.05) is 13.1 Å². The largest absolute Gasteiger partial charge is 0.336 e. The fourth-order valence-corrected chi connectivity index (χ4v) is 2.89. The lowest BCUT2D eigenvalue weighted by Gasteiger charge is -2.36. The van der Waals surface area contributed by atoms with Crippen LogP contribution >= 0.6 is 12.6 Å². The van der Waals surface area contributed by atoms with Crippen LogP contribution in [0.4, 0.5) is 5.69 Å². The predicted molar refractivity (Wildman–Crippen MR) is 88.0 cm³/mol. The normalized spacial score (nSPS) is 21.5. The number of benzene rings is 1. The summed E-state index contributed by atoms with van der Waals surface area (Å²) >= 11 is 4.05. The first-order valence-corrected chi connectivity index (χ1v) is 7.46. The average molecular weight is 321 g/mol. The summed E-state index contributed by atoms with van der Waals surface area (Å²) in [5.41, 5.74) is 0.586. The van der Waals surface area contributed by atoms with Gasteiger partial charge in [0, 0.05) is 36.8 Å². The number of nitrogens with one attached hydrogen (secondary N) is 1. The fraction of sp³-hybridized carbons (Fsp3) is 0.400. The number of nitro groups is 1. The molecule has 1 aliphatic heterocycles. The third kappa shape index (κ3) is 3.48. The lowest BCUT2D eigenvalue weighted by molar-refractivity contribution is -0.387. The zero-order valence-electron chi connectivity index (χ0n) is 12.6. The maximum absolute atomic E-state index is 12.6. The van der Waals surface area contributed by atoms with Crippen molar-refractivity contribution in [3.63, 3.8) is 0 Å². The van der Waals surface area contributed by atoms with Crippen molar-refractivity contribution >= 4 is 29.8 Å². The van der Waals surface area contributed by atoms with Gasteiger partial charge in [0.2, 0.25) is 0 Å². The molecule has 1 aromatic carbocycles. The molecule has 1 aliphatic rings. The van der Waals surface area contributed by atoms with Crippen molar-refractivity contribution in [1.82, 2.24) is 10.2 Å². The summed E-state index contributed by atoms with van der Waals surface area (Å²) in [5, 5.41) is 14.3. The number of amides is 1. The standard InChI is InChI=1S/C15H19N3O3S/c1-9-7-17(8-10(2)16-9)15(19)11(3)12-4-5-14(22)13(6-12)18(20)21/h4-6,9-10,16,22H,3,7-8H2,1-2H3. The number of carbonyl (C=O) groups excluding carboxylic acids is 1. The molecule has 6 nitrogen and oxygen atoms in total. The Morgan fingerprint density at radius 1 is 1.41 bits per heavy atom. The van der Waals surface area contributed by atoms with Gasteiger partial charge in [-0.25, -0.2) is 0 Å². The van der Waals surface area contributed by atoms with Crippen molar-refractivity contribution in [3.8, 4) is 0 Å². The summed E-state index contributed by atoms with van der Waals surface area (Å²) in [4.78, 5) is 25.0. The van der Waals surface area contributed by atoms with E-state index in [1.54, 1.807) is 11.0 Å². The van der Waals surface area contributed by atoms with Crippen LogP contribution in [0.1, 0.15) is 19.4 Å². The molecule has 2 unspecified atom stereocenters. The van der Waals surface area contributed by atoms with Crippen LogP contribution in [-0.2, 0) is 4.79 Å². The Kier molecular flexibility index (Phi) is 4.87. The predicted octanol–water partition coefficient (Wildman–Crippen LogP) is 2.11. The first kappa shape index (κ1) is 16.5. The van der Waals surface area contributed by atoms with E-state index in [9.17, 15) is 14.9 Å². The van der Waals surface area contributed by atoms with Gasteiger partial charge in [-0.1, -0.05) is 12.6 Å². The molecule has 118 valence electrons. The van der Waals surface area contributed by atoms with Gasteiger partial charge in [0.25, 0.3) is 11.6 Å². The Bertz CT molecular complexity index is 622. The van der Waals surface area contributed by atoms with E-state index in [4.69, 9.17) is 0 Å². The number of nitro benzene ring substituents is 1. The van der Waals surface area contributed by atoms with Gasteiger partial charge in [0.1, 0.15) is 0 Å². The van der Waals surface area contributed by atoms with Gasteiger partial charge >= 0.3 is 0 Å². The zero-order valence-corrected chi connectivity index (χ0v) is 13.5. The van der Waals surface area contributed by atoms with E-state index in [-0.39, 0.29) is 34.1 Å². The van der Waals surface area contributed by atoms with E-state index in [2.05, 4.69) is 24.5 Å². The van der Waals surface area contributed by atoms with Crippen molar-refractivity contribution in [2.24, 2.45) is 0 Å². The lowest BCUT2D eigenvalue weighted by atomic mass is 10.0. The number of thiol groups is 1. The number of hydrogen-bond acceptors (Lipinski definition) is 5. The van der Waals surface area contributed by atoms with Gasteiger partial charge in [-0.15, -0.1) is 12.6 Å². The van der Waals surface area contributed by atoms with E-state index >= 15 is 0 Å². The summed E-state index contributed by atoms with van der Waals surface area (Å²) in [6.07, 6.45) is 0. The lowest BCUT2D eigenvalue weighted by Crippen LogP contribution is -2.55. The van der Waals surface area contributed by atoms with Gasteiger partial charge in [-0.2, -0.15) is 0 Å². The van der Waals surface area contributed by atoms with Gasteiger partial charge in [-0.05, 0) is 25.5 Å². The molecule has 1 fully saturated rings. The topological polar surface area (TPSA) is 75.5 Å². The number of piperazine rings is 1. The number of hydrogen-bond donors (Lipinski definition) is 2. The molecule has 0 saturated carbocycles. The van der Waals surface area contributed by atoms with Crippen LogP contribution < -0.4 is 5.32 Å². The van der Waals surface area contributed by atoms with Gasteiger partial charge in [0.05, 0.1) is 9.82 Å². The van der Waals surface area contributed by atoms with E-state index < -0.39 is 4.92 Å². The fourth-order valence-electron chi connectivity index (χ4n) is 2.66. The number of carbonyl (C=O) groups is 1. The SMILES string of the molecule is C=C(C(=O)N1CC(C)NC(C)C1)c1ccc(S)c([N+](=O)[O-])c1. The quantitative estimate of drug-likeness (QED) is 0.387. The van der Waals surface area contributed by atoms with Gasteiger partial charge in [-0.3, -0.25) is 14.9 Å². The molecular formula is C15H19N3O3S. The highest BCUT2D eigenvalue weighted by atomic mass is 32.1. The number of rotatable bonds is 3. The van der Waals surface area contributed by atoms with Crippen LogP contribution in [0.25, 0.3) is 5.57 Å². The third-order valence-corrected chi connectivity index (χ3v) is 4.00. The summed E-state index contributed by atoms with van der Waals surface area (Å²) in [6, 6.07) is 4.89. The molecule has 0 spiro atoms. The molecule has 1 heterocycles. The van der Waals surface area contributed by atoms with Crippen LogP contribution in [0.15, 0.2) is 29.7 Å². The third-order valence-electron chi connectivity index (χ3n) is 3.62. The first-order chi connectivity index (χ1) is 10.3. The summed E-state index contributed by atoms with van der Waals surface area (Å²) in [7, 11) is 0. The Morgan fingerprint density at radius 2 is 2.00 bits per heavy atom. The maximum Gasteiger partial charge on any atom is 0.283 e. The highest BCUT2D eigenvalue weighted by molar-refractivity contribution is 7.80. The van der Waals surface area contributed by atoms with Crippen molar-refractivity contribution in [3.05, 3.63) is 40.5 Å². The molecule has 2 rings (SSSR count). The van der Waals surface area contributed by atoms with Crippen LogP contribution in [0.5, 0.6) is 0 Å². The monoisotopic (exact) mass is 321 g/mol. The zero-order chi connectivity index (χ0) is 16.4. The van der Waals surface area contributed by atoms with Gasteiger partial charge in [0.15, 0.2) is 0 Å². The Balaban J connectivity index is 2.22. The highest BCUT2D eigenvalue weighted by Crippen LogP contribution is 2.27.